The van der Waals surface area contributed by atoms with Crippen LogP contribution in [0.25, 0.3) is 0 Å². The van der Waals surface area contributed by atoms with Gasteiger partial charge in [-0.2, -0.15) is 14.0 Å². The second-order valence-electron chi connectivity index (χ2n) is 2.81. The average molecular weight is 353 g/mol. The van der Waals surface area contributed by atoms with Crippen molar-refractivity contribution in [1.29, 1.82) is 5.26 Å². The van der Waals surface area contributed by atoms with Gasteiger partial charge in [-0.15, -0.1) is 0 Å². The molecule has 1 aromatic rings. The van der Waals surface area contributed by atoms with Gasteiger partial charge in [-0.1, -0.05) is 0 Å². The number of ether oxygens (including phenoxy) is 2. The summed E-state index contributed by atoms with van der Waals surface area (Å²) in [5.41, 5.74) is -0.366. The van der Waals surface area contributed by atoms with Gasteiger partial charge in [0.15, 0.2) is 0 Å². The Morgan fingerprint density at radius 1 is 1.53 bits per heavy atom. The Bertz CT molecular complexity index is 485. The lowest BCUT2D eigenvalue weighted by atomic mass is 10.1. The molecule has 0 N–H and O–H groups in total. The number of rotatable bonds is 3. The monoisotopic (exact) mass is 353 g/mol. The van der Waals surface area contributed by atoms with Crippen LogP contribution in [0.2, 0.25) is 0 Å². The Labute approximate surface area is 109 Å². The third-order valence-electron chi connectivity index (χ3n) is 1.80. The number of nitrogens with zero attached hydrogens (tertiary/aromatic N) is 1. The van der Waals surface area contributed by atoms with E-state index in [4.69, 9.17) is 5.26 Å². The summed E-state index contributed by atoms with van der Waals surface area (Å²) in [7, 11) is 1.14. The van der Waals surface area contributed by atoms with E-state index in [0.29, 0.717) is 3.57 Å². The first-order valence-electron chi connectivity index (χ1n) is 4.26. The Kier molecular flexibility index (Phi) is 4.62. The SMILES string of the molecule is COC(=O)c1cc(I)cc(OC(F)F)c1C#N. The molecule has 1 aromatic carbocycles. The summed E-state index contributed by atoms with van der Waals surface area (Å²) in [4.78, 5) is 11.4. The number of hydrogen-bond acceptors (Lipinski definition) is 4. The van der Waals surface area contributed by atoms with E-state index in [0.717, 1.165) is 7.11 Å². The number of halogens is 3. The zero-order valence-electron chi connectivity index (χ0n) is 8.54. The molecule has 0 heterocycles. The van der Waals surface area contributed by atoms with Crippen molar-refractivity contribution in [2.45, 2.75) is 6.61 Å². The zero-order chi connectivity index (χ0) is 13.0. The molecule has 0 amide bonds. The maximum absolute atomic E-state index is 12.1. The lowest BCUT2D eigenvalue weighted by Gasteiger charge is -2.10. The second kappa shape index (κ2) is 5.77. The fourth-order valence-electron chi connectivity index (χ4n) is 1.16. The van der Waals surface area contributed by atoms with Crippen molar-refractivity contribution in [1.82, 2.24) is 0 Å². The molecular weight excluding hydrogens is 347 g/mol. The molecule has 0 aromatic heterocycles. The number of esters is 1. The number of benzene rings is 1. The molecule has 0 spiro atoms. The van der Waals surface area contributed by atoms with Crippen molar-refractivity contribution in [3.63, 3.8) is 0 Å². The van der Waals surface area contributed by atoms with E-state index in [9.17, 15) is 13.6 Å². The molecule has 4 nitrogen and oxygen atoms in total. The molecule has 0 aliphatic carbocycles. The molecule has 90 valence electrons. The average Bonchev–Trinajstić information content (AvgIpc) is 2.26. The lowest BCUT2D eigenvalue weighted by Crippen LogP contribution is -2.09. The highest BCUT2D eigenvalue weighted by Crippen LogP contribution is 2.27. The van der Waals surface area contributed by atoms with Crippen LogP contribution in [0.4, 0.5) is 8.78 Å². The molecule has 0 aliphatic rings. The first-order chi connectivity index (χ1) is 7.99. The summed E-state index contributed by atoms with van der Waals surface area (Å²) >= 11 is 1.82. The van der Waals surface area contributed by atoms with Gasteiger partial charge in [-0.3, -0.25) is 0 Å². The Hall–Kier alpha value is -1.43. The van der Waals surface area contributed by atoms with E-state index in [1.54, 1.807) is 6.07 Å². The Morgan fingerprint density at radius 3 is 2.65 bits per heavy atom. The molecule has 7 heteroatoms. The molecule has 0 bridgehead atoms. The van der Waals surface area contributed by atoms with Gasteiger partial charge in [-0.25, -0.2) is 4.79 Å². The van der Waals surface area contributed by atoms with E-state index >= 15 is 0 Å². The smallest absolute Gasteiger partial charge is 0.387 e. The number of carbonyl (C=O) groups is 1. The molecule has 0 aliphatic heterocycles. The summed E-state index contributed by atoms with van der Waals surface area (Å²) in [6.07, 6.45) is 0. The van der Waals surface area contributed by atoms with Crippen LogP contribution >= 0.6 is 22.6 Å². The van der Waals surface area contributed by atoms with Crippen molar-refractivity contribution >= 4 is 28.6 Å². The summed E-state index contributed by atoms with van der Waals surface area (Å²) < 4.78 is 33.4. The number of methoxy groups -OCH3 is 1. The van der Waals surface area contributed by atoms with E-state index in [1.165, 1.54) is 12.1 Å². The van der Waals surface area contributed by atoms with E-state index in [1.807, 2.05) is 22.6 Å². The maximum atomic E-state index is 12.1. The Morgan fingerprint density at radius 2 is 2.18 bits per heavy atom. The molecule has 0 saturated carbocycles. The molecule has 0 unspecified atom stereocenters. The molecular formula is C10H6F2INO3. The lowest BCUT2D eigenvalue weighted by molar-refractivity contribution is -0.0501. The number of hydrogen-bond donors (Lipinski definition) is 0. The number of nitriles is 1. The van der Waals surface area contributed by atoms with Gasteiger partial charge in [0.1, 0.15) is 17.4 Å². The van der Waals surface area contributed by atoms with E-state index in [2.05, 4.69) is 9.47 Å². The minimum Gasteiger partial charge on any atom is -0.465 e. The Balaban J connectivity index is 3.36. The van der Waals surface area contributed by atoms with Gasteiger partial charge in [0.2, 0.25) is 0 Å². The van der Waals surface area contributed by atoms with Gasteiger partial charge in [0, 0.05) is 3.57 Å². The molecule has 0 atom stereocenters. The van der Waals surface area contributed by atoms with E-state index < -0.39 is 12.6 Å². The van der Waals surface area contributed by atoms with Crippen molar-refractivity contribution in [2.75, 3.05) is 7.11 Å². The highest BCUT2D eigenvalue weighted by atomic mass is 127. The maximum Gasteiger partial charge on any atom is 0.387 e. The third kappa shape index (κ3) is 3.26. The van der Waals surface area contributed by atoms with E-state index in [-0.39, 0.29) is 16.9 Å². The van der Waals surface area contributed by atoms with Crippen LogP contribution in [-0.4, -0.2) is 19.7 Å². The molecule has 0 fully saturated rings. The van der Waals surface area contributed by atoms with Crippen molar-refractivity contribution in [3.8, 4) is 11.8 Å². The largest absolute Gasteiger partial charge is 0.465 e. The van der Waals surface area contributed by atoms with Crippen LogP contribution in [-0.2, 0) is 4.74 Å². The van der Waals surface area contributed by atoms with Crippen LogP contribution in [0.3, 0.4) is 0 Å². The molecule has 1 rings (SSSR count). The summed E-state index contributed by atoms with van der Waals surface area (Å²) in [5, 5.41) is 8.86. The predicted octanol–water partition coefficient (Wildman–Crippen LogP) is 2.55. The fraction of sp³-hybridized carbons (Fsp3) is 0.200. The van der Waals surface area contributed by atoms with Crippen LogP contribution in [0.15, 0.2) is 12.1 Å². The topological polar surface area (TPSA) is 59.3 Å². The highest BCUT2D eigenvalue weighted by Gasteiger charge is 2.19. The second-order valence-corrected chi connectivity index (χ2v) is 4.05. The highest BCUT2D eigenvalue weighted by molar-refractivity contribution is 14.1. The number of alkyl halides is 2. The zero-order valence-corrected chi connectivity index (χ0v) is 10.7. The first kappa shape index (κ1) is 13.6. The van der Waals surface area contributed by atoms with Crippen molar-refractivity contribution in [3.05, 3.63) is 26.8 Å². The predicted molar refractivity (Wildman–Crippen MR) is 61.8 cm³/mol. The van der Waals surface area contributed by atoms with Gasteiger partial charge >= 0.3 is 12.6 Å². The van der Waals surface area contributed by atoms with Gasteiger partial charge < -0.3 is 9.47 Å². The van der Waals surface area contributed by atoms with Crippen LogP contribution in [0.5, 0.6) is 5.75 Å². The van der Waals surface area contributed by atoms with Crippen molar-refractivity contribution < 1.29 is 23.0 Å². The van der Waals surface area contributed by atoms with Gasteiger partial charge in [0.25, 0.3) is 0 Å². The fourth-order valence-corrected chi connectivity index (χ4v) is 1.75. The van der Waals surface area contributed by atoms with Crippen LogP contribution in [0, 0.1) is 14.9 Å². The van der Waals surface area contributed by atoms with Gasteiger partial charge in [0.05, 0.1) is 12.7 Å². The van der Waals surface area contributed by atoms with Crippen molar-refractivity contribution in [2.24, 2.45) is 0 Å². The molecule has 0 radical (unpaired) electrons. The normalized spacial score (nSPS) is 9.88. The first-order valence-corrected chi connectivity index (χ1v) is 5.34. The van der Waals surface area contributed by atoms with Crippen LogP contribution < -0.4 is 4.74 Å². The summed E-state index contributed by atoms with van der Waals surface area (Å²) in [6.45, 7) is -3.06. The van der Waals surface area contributed by atoms with Gasteiger partial charge in [-0.05, 0) is 34.7 Å². The molecule has 0 saturated heterocycles. The minimum atomic E-state index is -3.06. The number of carbonyl (C=O) groups excluding carboxylic acids is 1. The molecule has 17 heavy (non-hydrogen) atoms. The summed E-state index contributed by atoms with van der Waals surface area (Å²) in [6, 6.07) is 4.26. The minimum absolute atomic E-state index is 0.0995. The quantitative estimate of drug-likeness (QED) is 0.619. The third-order valence-corrected chi connectivity index (χ3v) is 2.42. The standard InChI is InChI=1S/C10H6F2INO3/c1-16-9(15)6-2-5(13)3-8(7(6)4-14)17-10(11)12/h2-3,10H,1H3. The van der Waals surface area contributed by atoms with Crippen LogP contribution in [0.1, 0.15) is 15.9 Å². The summed E-state index contributed by atoms with van der Waals surface area (Å²) in [5.74, 6) is -1.12.